The molecule has 0 unspecified atom stereocenters. The zero-order valence-electron chi connectivity index (χ0n) is 11.2. The first-order valence-corrected chi connectivity index (χ1v) is 6.19. The molecule has 0 aliphatic heterocycles. The van der Waals surface area contributed by atoms with Crippen molar-refractivity contribution in [3.05, 3.63) is 36.0 Å². The minimum atomic E-state index is -0.214. The SMILES string of the molecule is COc1ccc2nc(C=NNC(=O)CCN)ccc2c1. The first-order valence-electron chi connectivity index (χ1n) is 6.19. The van der Waals surface area contributed by atoms with Gasteiger partial charge in [-0.2, -0.15) is 5.10 Å². The van der Waals surface area contributed by atoms with Gasteiger partial charge in [0.15, 0.2) is 0 Å². The lowest BCUT2D eigenvalue weighted by Gasteiger charge is -2.02. The third-order valence-electron chi connectivity index (χ3n) is 2.68. The number of aromatic nitrogens is 1. The number of benzene rings is 1. The van der Waals surface area contributed by atoms with Gasteiger partial charge in [-0.1, -0.05) is 6.07 Å². The number of rotatable bonds is 5. The molecule has 0 saturated carbocycles. The van der Waals surface area contributed by atoms with E-state index in [0.717, 1.165) is 16.7 Å². The van der Waals surface area contributed by atoms with Crippen molar-refractivity contribution in [3.8, 4) is 5.75 Å². The van der Waals surface area contributed by atoms with Gasteiger partial charge in [-0.3, -0.25) is 4.79 Å². The Morgan fingerprint density at radius 3 is 3.05 bits per heavy atom. The van der Waals surface area contributed by atoms with Gasteiger partial charge in [-0.25, -0.2) is 10.4 Å². The highest BCUT2D eigenvalue weighted by Gasteiger charge is 1.99. The molecule has 1 heterocycles. The maximum atomic E-state index is 11.2. The van der Waals surface area contributed by atoms with Crippen LogP contribution >= 0.6 is 0 Å². The second-order valence-corrected chi connectivity index (χ2v) is 4.13. The number of nitrogens with zero attached hydrogens (tertiary/aromatic N) is 2. The number of nitrogens with one attached hydrogen (secondary N) is 1. The van der Waals surface area contributed by atoms with Gasteiger partial charge < -0.3 is 10.5 Å². The Morgan fingerprint density at radius 2 is 2.30 bits per heavy atom. The zero-order chi connectivity index (χ0) is 14.4. The van der Waals surface area contributed by atoms with E-state index >= 15 is 0 Å². The van der Waals surface area contributed by atoms with Crippen LogP contribution in [-0.2, 0) is 4.79 Å². The molecule has 3 N–H and O–H groups in total. The van der Waals surface area contributed by atoms with E-state index in [1.807, 2.05) is 30.3 Å². The molecule has 0 fully saturated rings. The van der Waals surface area contributed by atoms with Crippen molar-refractivity contribution >= 4 is 23.0 Å². The van der Waals surface area contributed by atoms with Crippen LogP contribution in [0.5, 0.6) is 5.75 Å². The van der Waals surface area contributed by atoms with Crippen molar-refractivity contribution in [3.63, 3.8) is 0 Å². The van der Waals surface area contributed by atoms with Gasteiger partial charge in [0, 0.05) is 18.4 Å². The van der Waals surface area contributed by atoms with Crippen LogP contribution in [0.4, 0.5) is 0 Å². The van der Waals surface area contributed by atoms with Crippen molar-refractivity contribution in [2.45, 2.75) is 6.42 Å². The Morgan fingerprint density at radius 1 is 1.45 bits per heavy atom. The third kappa shape index (κ3) is 3.52. The number of pyridine rings is 1. The Kier molecular flexibility index (Phi) is 4.62. The fraction of sp³-hybridized carbons (Fsp3) is 0.214. The van der Waals surface area contributed by atoms with E-state index in [0.29, 0.717) is 12.2 Å². The molecule has 1 aromatic carbocycles. The smallest absolute Gasteiger partial charge is 0.241 e. The van der Waals surface area contributed by atoms with E-state index in [4.69, 9.17) is 10.5 Å². The summed E-state index contributed by atoms with van der Waals surface area (Å²) in [6.45, 7) is 0.303. The minimum Gasteiger partial charge on any atom is -0.497 e. The summed E-state index contributed by atoms with van der Waals surface area (Å²) in [7, 11) is 1.62. The Balaban J connectivity index is 2.12. The summed E-state index contributed by atoms with van der Waals surface area (Å²) in [6, 6.07) is 9.37. The summed E-state index contributed by atoms with van der Waals surface area (Å²) in [5.41, 5.74) is 9.15. The summed E-state index contributed by atoms with van der Waals surface area (Å²) < 4.78 is 5.15. The number of hydrazone groups is 1. The summed E-state index contributed by atoms with van der Waals surface area (Å²) in [5.74, 6) is 0.573. The van der Waals surface area contributed by atoms with Gasteiger partial charge in [0.25, 0.3) is 0 Å². The number of amides is 1. The van der Waals surface area contributed by atoms with Crippen LogP contribution in [0, 0.1) is 0 Å². The van der Waals surface area contributed by atoms with Gasteiger partial charge in [0.2, 0.25) is 5.91 Å². The second-order valence-electron chi connectivity index (χ2n) is 4.13. The number of hydrogen-bond donors (Lipinski definition) is 2. The molecule has 0 spiro atoms. The van der Waals surface area contributed by atoms with E-state index in [-0.39, 0.29) is 12.3 Å². The van der Waals surface area contributed by atoms with E-state index in [2.05, 4.69) is 15.5 Å². The molecule has 0 aliphatic carbocycles. The van der Waals surface area contributed by atoms with Crippen LogP contribution in [0.25, 0.3) is 10.9 Å². The topological polar surface area (TPSA) is 89.6 Å². The van der Waals surface area contributed by atoms with Crippen LogP contribution in [0.3, 0.4) is 0 Å². The molecule has 1 aromatic heterocycles. The first kappa shape index (κ1) is 14.0. The summed E-state index contributed by atoms with van der Waals surface area (Å²) in [6.07, 6.45) is 1.75. The summed E-state index contributed by atoms with van der Waals surface area (Å²) in [5, 5.41) is 4.81. The molecule has 0 radical (unpaired) electrons. The first-order chi connectivity index (χ1) is 9.72. The summed E-state index contributed by atoms with van der Waals surface area (Å²) >= 11 is 0. The highest BCUT2D eigenvalue weighted by Crippen LogP contribution is 2.19. The summed E-state index contributed by atoms with van der Waals surface area (Å²) in [4.78, 5) is 15.6. The highest BCUT2D eigenvalue weighted by molar-refractivity contribution is 5.86. The van der Waals surface area contributed by atoms with Crippen LogP contribution in [0.15, 0.2) is 35.4 Å². The molecule has 0 atom stereocenters. The molecule has 2 aromatic rings. The zero-order valence-corrected chi connectivity index (χ0v) is 11.2. The van der Waals surface area contributed by atoms with E-state index in [9.17, 15) is 4.79 Å². The molecule has 104 valence electrons. The van der Waals surface area contributed by atoms with Gasteiger partial charge in [0.1, 0.15) is 5.75 Å². The quantitative estimate of drug-likeness (QED) is 0.628. The Bertz CT molecular complexity index is 640. The molecular formula is C14H16N4O2. The molecule has 0 bridgehead atoms. The number of carbonyl (C=O) groups excluding carboxylic acids is 1. The highest BCUT2D eigenvalue weighted by atomic mass is 16.5. The van der Waals surface area contributed by atoms with Crippen LogP contribution in [0.2, 0.25) is 0 Å². The van der Waals surface area contributed by atoms with E-state index in [1.165, 1.54) is 6.21 Å². The van der Waals surface area contributed by atoms with Crippen LogP contribution < -0.4 is 15.9 Å². The van der Waals surface area contributed by atoms with Crippen molar-refractivity contribution in [2.24, 2.45) is 10.8 Å². The number of ether oxygens (including phenoxy) is 1. The molecule has 6 nitrogen and oxygen atoms in total. The van der Waals surface area contributed by atoms with Gasteiger partial charge in [-0.15, -0.1) is 0 Å². The molecule has 0 saturated heterocycles. The lowest BCUT2D eigenvalue weighted by Crippen LogP contribution is -2.20. The minimum absolute atomic E-state index is 0.214. The number of carbonyl (C=O) groups is 1. The Labute approximate surface area is 116 Å². The Hall–Kier alpha value is -2.47. The second kappa shape index (κ2) is 6.63. The lowest BCUT2D eigenvalue weighted by atomic mass is 10.2. The predicted molar refractivity (Wildman–Crippen MR) is 77.7 cm³/mol. The van der Waals surface area contributed by atoms with Crippen molar-refractivity contribution in [1.29, 1.82) is 0 Å². The molecule has 20 heavy (non-hydrogen) atoms. The van der Waals surface area contributed by atoms with E-state index < -0.39 is 0 Å². The monoisotopic (exact) mass is 272 g/mol. The molecule has 2 rings (SSSR count). The lowest BCUT2D eigenvalue weighted by molar-refractivity contribution is -0.120. The van der Waals surface area contributed by atoms with E-state index in [1.54, 1.807) is 7.11 Å². The standard InChI is InChI=1S/C14H16N4O2/c1-20-12-4-5-13-10(8-12)2-3-11(17-13)9-16-18-14(19)6-7-15/h2-5,8-9H,6-7,15H2,1H3,(H,18,19). The average Bonchev–Trinajstić information content (AvgIpc) is 2.47. The van der Waals surface area contributed by atoms with Gasteiger partial charge >= 0.3 is 0 Å². The molecule has 0 aliphatic rings. The maximum absolute atomic E-state index is 11.2. The molecule has 6 heteroatoms. The fourth-order valence-corrected chi connectivity index (χ4v) is 1.68. The number of nitrogens with two attached hydrogens (primary N) is 1. The van der Waals surface area contributed by atoms with Crippen molar-refractivity contribution in [2.75, 3.05) is 13.7 Å². The number of methoxy groups -OCH3 is 1. The van der Waals surface area contributed by atoms with Crippen LogP contribution in [0.1, 0.15) is 12.1 Å². The predicted octanol–water partition coefficient (Wildman–Crippen LogP) is 1.04. The third-order valence-corrected chi connectivity index (χ3v) is 2.68. The van der Waals surface area contributed by atoms with Crippen LogP contribution in [-0.4, -0.2) is 30.8 Å². The molecular weight excluding hydrogens is 256 g/mol. The largest absolute Gasteiger partial charge is 0.497 e. The van der Waals surface area contributed by atoms with Gasteiger partial charge in [-0.05, 0) is 24.3 Å². The maximum Gasteiger partial charge on any atom is 0.241 e. The van der Waals surface area contributed by atoms with Crippen molar-refractivity contribution in [1.82, 2.24) is 10.4 Å². The van der Waals surface area contributed by atoms with Gasteiger partial charge in [0.05, 0.1) is 24.5 Å². The number of fused-ring (bicyclic) bond motifs is 1. The van der Waals surface area contributed by atoms with Crippen molar-refractivity contribution < 1.29 is 9.53 Å². The number of hydrogen-bond acceptors (Lipinski definition) is 5. The average molecular weight is 272 g/mol. The molecule has 1 amide bonds. The fourth-order valence-electron chi connectivity index (χ4n) is 1.68. The normalized spacial score (nSPS) is 10.9.